The number of hydrogen-bond donors (Lipinski definition) is 3. The summed E-state index contributed by atoms with van der Waals surface area (Å²) in [6.45, 7) is 11.9. The van der Waals surface area contributed by atoms with Crippen LogP contribution in [0.2, 0.25) is 0 Å². The van der Waals surface area contributed by atoms with Crippen LogP contribution in [0.1, 0.15) is 88.7 Å². The molecule has 3 amide bonds. The molecule has 0 spiro atoms. The Labute approximate surface area is 250 Å². The molecule has 0 aromatic heterocycles. The van der Waals surface area contributed by atoms with Crippen molar-refractivity contribution in [2.45, 2.75) is 98.1 Å². The van der Waals surface area contributed by atoms with Crippen molar-refractivity contribution < 1.29 is 28.7 Å². The van der Waals surface area contributed by atoms with E-state index in [0.717, 1.165) is 17.5 Å². The Morgan fingerprint density at radius 1 is 0.881 bits per heavy atom. The number of benzene rings is 2. The fourth-order valence-corrected chi connectivity index (χ4v) is 4.14. The average Bonchev–Trinajstić information content (AvgIpc) is 2.95. The number of ether oxygens (including phenoxy) is 2. The monoisotopic (exact) mass is 581 g/mol. The van der Waals surface area contributed by atoms with Gasteiger partial charge in [-0.05, 0) is 76.1 Å². The van der Waals surface area contributed by atoms with Crippen molar-refractivity contribution >= 4 is 23.7 Å². The van der Waals surface area contributed by atoms with Crippen LogP contribution >= 0.6 is 0 Å². The maximum absolute atomic E-state index is 13.0. The number of Topliss-reactive ketones (excluding diaryl/α,β-unsaturated/α-hetero) is 1. The summed E-state index contributed by atoms with van der Waals surface area (Å²) in [7, 11) is 0. The first-order chi connectivity index (χ1) is 19.9. The number of alkyl carbamates (subject to hydrolysis) is 1. The van der Waals surface area contributed by atoms with Crippen LogP contribution < -0.4 is 16.0 Å². The van der Waals surface area contributed by atoms with Gasteiger partial charge in [-0.25, -0.2) is 4.79 Å². The standard InChI is InChI=1S/C33H47N3O6/c1-7-23(2)29(36-30(38)27-18-16-25(17-19-27)21-35-32(40)42-33(4,5)6)31(39)34-20-12-11-15-28(24(3)37)41-22-26-13-9-8-10-14-26/h8-10,13-14,16-19,23,28-29H,7,11-12,15,20-22H2,1-6H3,(H,34,39)(H,35,40)(H,36,38)/t23?,28?,29-/m0/s1. The molecule has 0 aliphatic heterocycles. The highest BCUT2D eigenvalue weighted by molar-refractivity contribution is 5.97. The molecule has 2 unspecified atom stereocenters. The first kappa shape index (κ1) is 34.5. The molecular weight excluding hydrogens is 534 g/mol. The summed E-state index contributed by atoms with van der Waals surface area (Å²) in [4.78, 5) is 49.9. The minimum Gasteiger partial charge on any atom is -0.444 e. The van der Waals surface area contributed by atoms with Crippen LogP contribution in [0.25, 0.3) is 0 Å². The highest BCUT2D eigenvalue weighted by Gasteiger charge is 2.26. The summed E-state index contributed by atoms with van der Waals surface area (Å²) in [5.41, 5.74) is 1.66. The molecule has 0 aliphatic carbocycles. The molecule has 42 heavy (non-hydrogen) atoms. The van der Waals surface area contributed by atoms with E-state index in [0.29, 0.717) is 38.0 Å². The minimum absolute atomic E-state index is 0.0122. The van der Waals surface area contributed by atoms with E-state index in [1.807, 2.05) is 44.2 Å². The zero-order valence-electron chi connectivity index (χ0n) is 25.8. The van der Waals surface area contributed by atoms with Crippen molar-refractivity contribution in [1.29, 1.82) is 0 Å². The summed E-state index contributed by atoms with van der Waals surface area (Å²) < 4.78 is 11.1. The quantitative estimate of drug-likeness (QED) is 0.231. The Hall–Kier alpha value is -3.72. The average molecular weight is 582 g/mol. The molecule has 0 radical (unpaired) electrons. The molecular formula is C33H47N3O6. The van der Waals surface area contributed by atoms with Gasteiger partial charge in [0.15, 0.2) is 5.78 Å². The highest BCUT2D eigenvalue weighted by Crippen LogP contribution is 2.13. The number of amides is 3. The van der Waals surface area contributed by atoms with E-state index in [-0.39, 0.29) is 30.1 Å². The second-order valence-corrected chi connectivity index (χ2v) is 11.6. The molecule has 0 aliphatic rings. The lowest BCUT2D eigenvalue weighted by Crippen LogP contribution is -2.50. The number of hydrogen-bond acceptors (Lipinski definition) is 6. The van der Waals surface area contributed by atoms with Crippen molar-refractivity contribution in [3.63, 3.8) is 0 Å². The number of ketones is 1. The number of unbranched alkanes of at least 4 members (excludes halogenated alkanes) is 1. The zero-order chi connectivity index (χ0) is 31.1. The van der Waals surface area contributed by atoms with E-state index in [1.54, 1.807) is 45.0 Å². The molecule has 0 heterocycles. The Bertz CT molecular complexity index is 1140. The van der Waals surface area contributed by atoms with Crippen LogP contribution in [0, 0.1) is 5.92 Å². The first-order valence-corrected chi connectivity index (χ1v) is 14.7. The second kappa shape index (κ2) is 17.3. The van der Waals surface area contributed by atoms with Gasteiger partial charge in [0.05, 0.1) is 6.61 Å². The molecule has 0 saturated heterocycles. The van der Waals surface area contributed by atoms with Crippen molar-refractivity contribution in [3.05, 3.63) is 71.3 Å². The topological polar surface area (TPSA) is 123 Å². The van der Waals surface area contributed by atoms with Gasteiger partial charge < -0.3 is 25.4 Å². The third-order valence-corrected chi connectivity index (χ3v) is 6.77. The van der Waals surface area contributed by atoms with Gasteiger partial charge in [0, 0.05) is 18.7 Å². The van der Waals surface area contributed by atoms with E-state index < -0.39 is 23.8 Å². The first-order valence-electron chi connectivity index (χ1n) is 14.7. The molecule has 9 nitrogen and oxygen atoms in total. The summed E-state index contributed by atoms with van der Waals surface area (Å²) >= 11 is 0. The number of carbonyl (C=O) groups is 4. The molecule has 0 bridgehead atoms. The van der Waals surface area contributed by atoms with Gasteiger partial charge in [-0.15, -0.1) is 0 Å². The molecule has 230 valence electrons. The van der Waals surface area contributed by atoms with Crippen LogP contribution in [-0.4, -0.2) is 48.0 Å². The molecule has 2 rings (SSSR count). The molecule has 2 aromatic rings. The van der Waals surface area contributed by atoms with E-state index in [9.17, 15) is 19.2 Å². The maximum atomic E-state index is 13.0. The lowest BCUT2D eigenvalue weighted by molar-refractivity contribution is -0.129. The van der Waals surface area contributed by atoms with Gasteiger partial charge in [-0.3, -0.25) is 14.4 Å². The largest absolute Gasteiger partial charge is 0.444 e. The van der Waals surface area contributed by atoms with Crippen molar-refractivity contribution in [3.8, 4) is 0 Å². The summed E-state index contributed by atoms with van der Waals surface area (Å²) in [6, 6.07) is 15.9. The van der Waals surface area contributed by atoms with E-state index in [4.69, 9.17) is 9.47 Å². The Morgan fingerprint density at radius 2 is 1.55 bits per heavy atom. The van der Waals surface area contributed by atoms with Gasteiger partial charge in [0.2, 0.25) is 5.91 Å². The van der Waals surface area contributed by atoms with Crippen molar-refractivity contribution in [2.24, 2.45) is 5.92 Å². The van der Waals surface area contributed by atoms with E-state index in [1.165, 1.54) is 6.92 Å². The fourth-order valence-electron chi connectivity index (χ4n) is 4.14. The molecule has 9 heteroatoms. The Balaban J connectivity index is 1.81. The number of nitrogens with one attached hydrogen (secondary N) is 3. The van der Waals surface area contributed by atoms with Gasteiger partial charge in [-0.2, -0.15) is 0 Å². The van der Waals surface area contributed by atoms with Crippen molar-refractivity contribution in [2.75, 3.05) is 6.54 Å². The second-order valence-electron chi connectivity index (χ2n) is 11.6. The predicted molar refractivity (Wildman–Crippen MR) is 163 cm³/mol. The lowest BCUT2D eigenvalue weighted by Gasteiger charge is -2.24. The number of rotatable bonds is 16. The molecule has 3 atom stereocenters. The summed E-state index contributed by atoms with van der Waals surface area (Å²) in [5, 5.41) is 8.51. The van der Waals surface area contributed by atoms with Gasteiger partial charge in [-0.1, -0.05) is 62.7 Å². The zero-order valence-corrected chi connectivity index (χ0v) is 25.8. The smallest absolute Gasteiger partial charge is 0.407 e. The van der Waals surface area contributed by atoms with Crippen LogP contribution in [-0.2, 0) is 32.2 Å². The number of carbonyl (C=O) groups excluding carboxylic acids is 4. The third-order valence-electron chi connectivity index (χ3n) is 6.77. The Morgan fingerprint density at radius 3 is 2.14 bits per heavy atom. The van der Waals surface area contributed by atoms with Gasteiger partial charge in [0.1, 0.15) is 17.7 Å². The normalized spacial score (nSPS) is 13.4. The lowest BCUT2D eigenvalue weighted by atomic mass is 9.97. The molecule has 3 N–H and O–H groups in total. The minimum atomic E-state index is -0.685. The Kier molecular flexibility index (Phi) is 14.2. The molecule has 2 aromatic carbocycles. The molecule has 0 fully saturated rings. The van der Waals surface area contributed by atoms with Crippen LogP contribution in [0.15, 0.2) is 54.6 Å². The molecule has 0 saturated carbocycles. The van der Waals surface area contributed by atoms with Gasteiger partial charge >= 0.3 is 6.09 Å². The van der Waals surface area contributed by atoms with Crippen LogP contribution in [0.3, 0.4) is 0 Å². The van der Waals surface area contributed by atoms with Crippen LogP contribution in [0.4, 0.5) is 4.79 Å². The maximum Gasteiger partial charge on any atom is 0.407 e. The fraction of sp³-hybridized carbons (Fsp3) is 0.515. The van der Waals surface area contributed by atoms with Gasteiger partial charge in [0.25, 0.3) is 5.91 Å². The SMILES string of the molecule is CCC(C)[C@H](NC(=O)c1ccc(CNC(=O)OC(C)(C)C)cc1)C(=O)NCCCCC(OCc1ccccc1)C(C)=O. The van der Waals surface area contributed by atoms with E-state index >= 15 is 0 Å². The third kappa shape index (κ3) is 12.9. The summed E-state index contributed by atoms with van der Waals surface area (Å²) in [5.74, 6) is -0.664. The summed E-state index contributed by atoms with van der Waals surface area (Å²) in [6.07, 6.45) is 1.70. The predicted octanol–water partition coefficient (Wildman–Crippen LogP) is 5.32. The van der Waals surface area contributed by atoms with E-state index in [2.05, 4.69) is 16.0 Å². The van der Waals surface area contributed by atoms with Crippen molar-refractivity contribution in [1.82, 2.24) is 16.0 Å². The van der Waals surface area contributed by atoms with Crippen LogP contribution in [0.5, 0.6) is 0 Å². The highest BCUT2D eigenvalue weighted by atomic mass is 16.6.